The van der Waals surface area contributed by atoms with Crippen molar-refractivity contribution in [1.82, 2.24) is 5.32 Å². The first-order chi connectivity index (χ1) is 14.2. The van der Waals surface area contributed by atoms with Gasteiger partial charge in [0.05, 0.1) is 10.6 Å². The van der Waals surface area contributed by atoms with E-state index >= 15 is 0 Å². The molecule has 0 atom stereocenters. The van der Waals surface area contributed by atoms with Gasteiger partial charge in [0.1, 0.15) is 0 Å². The van der Waals surface area contributed by atoms with Gasteiger partial charge in [-0.25, -0.2) is 8.42 Å². The molecular formula is C24H26N2O3S. The second kappa shape index (κ2) is 8.71. The molecule has 3 rings (SSSR count). The monoisotopic (exact) mass is 422 g/mol. The van der Waals surface area contributed by atoms with E-state index in [1.165, 1.54) is 11.4 Å². The van der Waals surface area contributed by atoms with E-state index in [0.29, 0.717) is 17.8 Å². The van der Waals surface area contributed by atoms with Gasteiger partial charge in [-0.2, -0.15) is 0 Å². The van der Waals surface area contributed by atoms with Crippen molar-refractivity contribution in [3.05, 3.63) is 94.5 Å². The Balaban J connectivity index is 1.82. The summed E-state index contributed by atoms with van der Waals surface area (Å²) in [6, 6.07) is 19.7. The molecule has 0 heterocycles. The molecule has 30 heavy (non-hydrogen) atoms. The molecule has 0 saturated carbocycles. The zero-order chi connectivity index (χ0) is 21.9. The van der Waals surface area contributed by atoms with E-state index in [9.17, 15) is 13.2 Å². The smallest absolute Gasteiger partial charge is 0.264 e. The Hall–Kier alpha value is -3.12. The van der Waals surface area contributed by atoms with Gasteiger partial charge in [-0.1, -0.05) is 53.6 Å². The number of amides is 1. The van der Waals surface area contributed by atoms with Crippen LogP contribution in [0.5, 0.6) is 0 Å². The summed E-state index contributed by atoms with van der Waals surface area (Å²) in [5.41, 5.74) is 4.79. The van der Waals surface area contributed by atoms with Crippen LogP contribution in [0.2, 0.25) is 0 Å². The van der Waals surface area contributed by atoms with Crippen molar-refractivity contribution in [2.45, 2.75) is 32.2 Å². The van der Waals surface area contributed by atoms with Crippen molar-refractivity contribution < 1.29 is 13.2 Å². The van der Waals surface area contributed by atoms with Crippen molar-refractivity contribution >= 4 is 21.6 Å². The summed E-state index contributed by atoms with van der Waals surface area (Å²) in [7, 11) is -2.23. The molecule has 0 fully saturated rings. The van der Waals surface area contributed by atoms with E-state index in [-0.39, 0.29) is 10.8 Å². The molecule has 0 bridgehead atoms. The van der Waals surface area contributed by atoms with E-state index in [1.807, 2.05) is 45.0 Å². The Kier molecular flexibility index (Phi) is 6.27. The fourth-order valence-corrected chi connectivity index (χ4v) is 4.33. The number of benzene rings is 3. The third-order valence-electron chi connectivity index (χ3n) is 5.06. The van der Waals surface area contributed by atoms with Gasteiger partial charge in [-0.3, -0.25) is 9.10 Å². The van der Waals surface area contributed by atoms with Crippen LogP contribution in [0.3, 0.4) is 0 Å². The zero-order valence-electron chi connectivity index (χ0n) is 17.6. The van der Waals surface area contributed by atoms with Gasteiger partial charge in [-0.05, 0) is 56.2 Å². The van der Waals surface area contributed by atoms with Crippen LogP contribution in [-0.4, -0.2) is 21.4 Å². The number of sulfonamides is 1. The van der Waals surface area contributed by atoms with Crippen molar-refractivity contribution in [2.75, 3.05) is 11.4 Å². The molecule has 5 nitrogen and oxygen atoms in total. The van der Waals surface area contributed by atoms with Crippen LogP contribution in [0.15, 0.2) is 71.6 Å². The molecule has 6 heteroatoms. The van der Waals surface area contributed by atoms with Crippen molar-refractivity contribution in [3.8, 4) is 0 Å². The van der Waals surface area contributed by atoms with Crippen LogP contribution >= 0.6 is 0 Å². The Bertz CT molecular complexity index is 1150. The topological polar surface area (TPSA) is 66.5 Å². The average molecular weight is 423 g/mol. The van der Waals surface area contributed by atoms with E-state index in [0.717, 1.165) is 22.3 Å². The van der Waals surface area contributed by atoms with Crippen LogP contribution in [0.4, 0.5) is 5.69 Å². The highest BCUT2D eigenvalue weighted by molar-refractivity contribution is 7.92. The van der Waals surface area contributed by atoms with Gasteiger partial charge < -0.3 is 5.32 Å². The molecular weight excluding hydrogens is 396 g/mol. The largest absolute Gasteiger partial charge is 0.348 e. The Morgan fingerprint density at radius 2 is 1.43 bits per heavy atom. The SMILES string of the molecule is Cc1ccc(CNC(=O)c2ccc(C)c(N(C)S(=O)(=O)c3ccc(C)cc3)c2)cc1. The molecule has 0 unspecified atom stereocenters. The first-order valence-electron chi connectivity index (χ1n) is 9.68. The second-order valence-electron chi connectivity index (χ2n) is 7.46. The van der Waals surface area contributed by atoms with Crippen molar-refractivity contribution in [2.24, 2.45) is 0 Å². The van der Waals surface area contributed by atoms with Gasteiger partial charge in [0.25, 0.3) is 15.9 Å². The molecule has 0 radical (unpaired) electrons. The highest BCUT2D eigenvalue weighted by Crippen LogP contribution is 2.26. The van der Waals surface area contributed by atoms with E-state index in [1.54, 1.807) is 42.5 Å². The maximum atomic E-state index is 13.0. The first-order valence-corrected chi connectivity index (χ1v) is 11.1. The van der Waals surface area contributed by atoms with Gasteiger partial charge in [-0.15, -0.1) is 0 Å². The highest BCUT2D eigenvalue weighted by atomic mass is 32.2. The number of nitrogens with one attached hydrogen (secondary N) is 1. The first kappa shape index (κ1) is 21.6. The normalized spacial score (nSPS) is 11.2. The third kappa shape index (κ3) is 4.71. The summed E-state index contributed by atoms with van der Waals surface area (Å²) in [6.45, 7) is 6.14. The summed E-state index contributed by atoms with van der Waals surface area (Å²) in [5.74, 6) is -0.252. The minimum atomic E-state index is -3.73. The molecule has 0 saturated heterocycles. The lowest BCUT2D eigenvalue weighted by molar-refractivity contribution is 0.0951. The second-order valence-corrected chi connectivity index (χ2v) is 9.42. The molecule has 0 aliphatic carbocycles. The van der Waals surface area contributed by atoms with Gasteiger partial charge >= 0.3 is 0 Å². The minimum absolute atomic E-state index is 0.212. The maximum absolute atomic E-state index is 13.0. The van der Waals surface area contributed by atoms with Crippen LogP contribution in [0, 0.1) is 20.8 Å². The molecule has 3 aromatic rings. The zero-order valence-corrected chi connectivity index (χ0v) is 18.5. The lowest BCUT2D eigenvalue weighted by Gasteiger charge is -2.22. The fraction of sp³-hybridized carbons (Fsp3) is 0.208. The minimum Gasteiger partial charge on any atom is -0.348 e. The number of rotatable bonds is 6. The Morgan fingerprint density at radius 3 is 2.03 bits per heavy atom. The summed E-state index contributed by atoms with van der Waals surface area (Å²) in [6.07, 6.45) is 0. The van der Waals surface area contributed by atoms with Crippen LogP contribution in [-0.2, 0) is 16.6 Å². The number of nitrogens with zero attached hydrogens (tertiary/aromatic N) is 1. The Labute approximate surface area is 178 Å². The summed E-state index contributed by atoms with van der Waals surface area (Å²) >= 11 is 0. The van der Waals surface area contributed by atoms with E-state index in [2.05, 4.69) is 5.32 Å². The molecule has 156 valence electrons. The predicted molar refractivity (Wildman–Crippen MR) is 120 cm³/mol. The molecule has 0 spiro atoms. The molecule has 0 aromatic heterocycles. The lowest BCUT2D eigenvalue weighted by Crippen LogP contribution is -2.28. The standard InChI is InChI=1S/C24H26N2O3S/c1-17-5-10-20(11-6-17)16-25-24(27)21-12-9-19(3)23(15-21)26(4)30(28,29)22-13-7-18(2)8-14-22/h5-15H,16H2,1-4H3,(H,25,27). The quantitative estimate of drug-likeness (QED) is 0.642. The average Bonchev–Trinajstić information content (AvgIpc) is 2.73. The third-order valence-corrected chi connectivity index (χ3v) is 6.85. The van der Waals surface area contributed by atoms with Gasteiger partial charge in [0.2, 0.25) is 0 Å². The summed E-state index contributed by atoms with van der Waals surface area (Å²) in [4.78, 5) is 12.9. The van der Waals surface area contributed by atoms with Gasteiger partial charge in [0.15, 0.2) is 0 Å². The van der Waals surface area contributed by atoms with E-state index < -0.39 is 10.0 Å². The molecule has 0 aliphatic heterocycles. The van der Waals surface area contributed by atoms with Gasteiger partial charge in [0, 0.05) is 19.2 Å². The highest BCUT2D eigenvalue weighted by Gasteiger charge is 2.23. The maximum Gasteiger partial charge on any atom is 0.264 e. The number of hydrogen-bond donors (Lipinski definition) is 1. The lowest BCUT2D eigenvalue weighted by atomic mass is 10.1. The Morgan fingerprint density at radius 1 is 0.867 bits per heavy atom. The van der Waals surface area contributed by atoms with Crippen LogP contribution < -0.4 is 9.62 Å². The summed E-state index contributed by atoms with van der Waals surface area (Å²) in [5, 5.41) is 2.89. The fourth-order valence-electron chi connectivity index (χ4n) is 3.08. The number of aryl methyl sites for hydroxylation is 3. The number of carbonyl (C=O) groups is 1. The van der Waals surface area contributed by atoms with Crippen molar-refractivity contribution in [1.29, 1.82) is 0 Å². The number of hydrogen-bond acceptors (Lipinski definition) is 3. The molecule has 1 amide bonds. The van der Waals surface area contributed by atoms with Crippen LogP contribution in [0.1, 0.15) is 32.6 Å². The van der Waals surface area contributed by atoms with Crippen LogP contribution in [0.25, 0.3) is 0 Å². The number of anilines is 1. The van der Waals surface area contributed by atoms with Crippen molar-refractivity contribution in [3.63, 3.8) is 0 Å². The predicted octanol–water partition coefficient (Wildman–Crippen LogP) is 4.37. The summed E-state index contributed by atoms with van der Waals surface area (Å²) < 4.78 is 27.3. The molecule has 3 aromatic carbocycles. The number of carbonyl (C=O) groups excluding carboxylic acids is 1. The molecule has 1 N–H and O–H groups in total. The van der Waals surface area contributed by atoms with E-state index in [4.69, 9.17) is 0 Å². The molecule has 0 aliphatic rings.